The minimum absolute atomic E-state index is 0.0721. The predicted molar refractivity (Wildman–Crippen MR) is 74.8 cm³/mol. The molecule has 3 atom stereocenters. The lowest BCUT2D eigenvalue weighted by Gasteiger charge is -2.34. The van der Waals surface area contributed by atoms with Crippen molar-refractivity contribution in [2.24, 2.45) is 11.7 Å². The van der Waals surface area contributed by atoms with Crippen LogP contribution >= 0.6 is 0 Å². The van der Waals surface area contributed by atoms with E-state index in [9.17, 15) is 4.79 Å². The molecule has 5 heteroatoms. The zero-order valence-electron chi connectivity index (χ0n) is 12.2. The highest BCUT2D eigenvalue weighted by atomic mass is 16.5. The van der Waals surface area contributed by atoms with Crippen molar-refractivity contribution in [3.63, 3.8) is 0 Å². The molecule has 0 aromatic rings. The maximum absolute atomic E-state index is 12.4. The fraction of sp³-hybridized carbons (Fsp3) is 0.929. The summed E-state index contributed by atoms with van der Waals surface area (Å²) in [5.74, 6) is 0.149. The van der Waals surface area contributed by atoms with Crippen LogP contribution in [-0.2, 0) is 9.53 Å². The van der Waals surface area contributed by atoms with Crippen molar-refractivity contribution in [3.05, 3.63) is 0 Å². The molecule has 5 nitrogen and oxygen atoms in total. The smallest absolute Gasteiger partial charge is 0.227 e. The van der Waals surface area contributed by atoms with Gasteiger partial charge in [-0.3, -0.25) is 9.69 Å². The summed E-state index contributed by atoms with van der Waals surface area (Å²) in [6.07, 6.45) is 2.24. The molecule has 1 amide bonds. The summed E-state index contributed by atoms with van der Waals surface area (Å²) in [5, 5.41) is 0. The van der Waals surface area contributed by atoms with E-state index in [4.69, 9.17) is 10.5 Å². The molecule has 0 saturated carbocycles. The number of rotatable bonds is 4. The minimum Gasteiger partial charge on any atom is -0.379 e. The van der Waals surface area contributed by atoms with Gasteiger partial charge in [0.15, 0.2) is 0 Å². The molecule has 0 spiro atoms. The molecule has 0 aromatic heterocycles. The average Bonchev–Trinajstić information content (AvgIpc) is 2.86. The Kier molecular flexibility index (Phi) is 5.19. The van der Waals surface area contributed by atoms with E-state index in [0.29, 0.717) is 6.04 Å². The molecule has 110 valence electrons. The largest absolute Gasteiger partial charge is 0.379 e. The van der Waals surface area contributed by atoms with Gasteiger partial charge in [-0.15, -0.1) is 0 Å². The summed E-state index contributed by atoms with van der Waals surface area (Å²) in [6, 6.07) is 0.295. The number of ether oxygens (including phenoxy) is 1. The van der Waals surface area contributed by atoms with Crippen molar-refractivity contribution in [1.29, 1.82) is 0 Å². The third-order valence-electron chi connectivity index (χ3n) is 4.41. The van der Waals surface area contributed by atoms with E-state index in [-0.39, 0.29) is 17.9 Å². The first-order valence-electron chi connectivity index (χ1n) is 7.45. The number of carbonyl (C=O) groups excluding carboxylic acids is 1. The lowest BCUT2D eigenvalue weighted by Crippen LogP contribution is -2.49. The molecule has 0 aliphatic carbocycles. The Morgan fingerprint density at radius 3 is 2.63 bits per heavy atom. The second kappa shape index (κ2) is 6.68. The van der Waals surface area contributed by atoms with E-state index in [1.165, 1.54) is 0 Å². The number of hydrogen-bond acceptors (Lipinski definition) is 4. The van der Waals surface area contributed by atoms with Crippen LogP contribution in [0.15, 0.2) is 0 Å². The Hall–Kier alpha value is -0.650. The first-order chi connectivity index (χ1) is 9.09. The van der Waals surface area contributed by atoms with Gasteiger partial charge in [-0.25, -0.2) is 0 Å². The van der Waals surface area contributed by atoms with Crippen molar-refractivity contribution < 1.29 is 9.53 Å². The number of nitrogens with zero attached hydrogens (tertiary/aromatic N) is 2. The van der Waals surface area contributed by atoms with Crippen LogP contribution in [0.25, 0.3) is 0 Å². The van der Waals surface area contributed by atoms with Gasteiger partial charge in [-0.05, 0) is 19.8 Å². The van der Waals surface area contributed by atoms with Crippen LogP contribution in [0.3, 0.4) is 0 Å². The Morgan fingerprint density at radius 1 is 1.32 bits per heavy atom. The molecule has 2 heterocycles. The molecule has 2 N–H and O–H groups in total. The molecule has 19 heavy (non-hydrogen) atoms. The van der Waals surface area contributed by atoms with Gasteiger partial charge in [0, 0.05) is 38.3 Å². The highest BCUT2D eigenvalue weighted by molar-refractivity contribution is 5.79. The van der Waals surface area contributed by atoms with Gasteiger partial charge in [0.05, 0.1) is 19.1 Å². The minimum atomic E-state index is -0.0784. The first kappa shape index (κ1) is 14.8. The summed E-state index contributed by atoms with van der Waals surface area (Å²) in [6.45, 7) is 9.34. The average molecular weight is 269 g/mol. The Morgan fingerprint density at radius 2 is 2.00 bits per heavy atom. The zero-order chi connectivity index (χ0) is 13.8. The number of hydrogen-bond donors (Lipinski definition) is 1. The van der Waals surface area contributed by atoms with Gasteiger partial charge in [-0.1, -0.05) is 6.92 Å². The lowest BCUT2D eigenvalue weighted by atomic mass is 10.0. The third kappa shape index (κ3) is 3.68. The molecule has 3 unspecified atom stereocenters. The molecule has 0 bridgehead atoms. The quantitative estimate of drug-likeness (QED) is 0.797. The Bertz CT molecular complexity index is 303. The van der Waals surface area contributed by atoms with E-state index < -0.39 is 0 Å². The van der Waals surface area contributed by atoms with Crippen LogP contribution in [0.4, 0.5) is 0 Å². The second-order valence-electron chi connectivity index (χ2n) is 5.89. The van der Waals surface area contributed by atoms with Crippen LogP contribution in [0.2, 0.25) is 0 Å². The van der Waals surface area contributed by atoms with Gasteiger partial charge in [0.1, 0.15) is 0 Å². The topological polar surface area (TPSA) is 58.8 Å². The van der Waals surface area contributed by atoms with Crippen molar-refractivity contribution >= 4 is 5.91 Å². The maximum Gasteiger partial charge on any atom is 0.227 e. The molecule has 2 saturated heterocycles. The fourth-order valence-electron chi connectivity index (χ4n) is 2.88. The van der Waals surface area contributed by atoms with Crippen molar-refractivity contribution in [3.8, 4) is 0 Å². The van der Waals surface area contributed by atoms with Gasteiger partial charge >= 0.3 is 0 Å². The van der Waals surface area contributed by atoms with Gasteiger partial charge < -0.3 is 15.4 Å². The molecule has 2 aliphatic rings. The monoisotopic (exact) mass is 269 g/mol. The number of carbonyl (C=O) groups is 1. The summed E-state index contributed by atoms with van der Waals surface area (Å²) in [4.78, 5) is 16.9. The standard InChI is InChI=1S/C14H27N3O2/c1-11(12(2)15)14(18)17-5-3-4-13(17)10-16-6-8-19-9-7-16/h11-13H,3-10,15H2,1-2H3. The van der Waals surface area contributed by atoms with Crippen LogP contribution < -0.4 is 5.73 Å². The van der Waals surface area contributed by atoms with Crippen LogP contribution in [0.1, 0.15) is 26.7 Å². The van der Waals surface area contributed by atoms with Gasteiger partial charge in [-0.2, -0.15) is 0 Å². The van der Waals surface area contributed by atoms with Gasteiger partial charge in [0.25, 0.3) is 0 Å². The zero-order valence-corrected chi connectivity index (χ0v) is 12.2. The Labute approximate surface area is 116 Å². The predicted octanol–water partition coefficient (Wildman–Crippen LogP) is 0.293. The van der Waals surface area contributed by atoms with Crippen LogP contribution in [0.5, 0.6) is 0 Å². The molecule has 2 aliphatic heterocycles. The number of amides is 1. The maximum atomic E-state index is 12.4. The fourth-order valence-corrected chi connectivity index (χ4v) is 2.88. The summed E-state index contributed by atoms with van der Waals surface area (Å²) in [7, 11) is 0. The van der Waals surface area contributed by atoms with Crippen LogP contribution in [0, 0.1) is 5.92 Å². The van der Waals surface area contributed by atoms with Crippen molar-refractivity contribution in [2.45, 2.75) is 38.8 Å². The van der Waals surface area contributed by atoms with E-state index >= 15 is 0 Å². The van der Waals surface area contributed by atoms with Crippen LogP contribution in [-0.4, -0.2) is 67.2 Å². The SMILES string of the molecule is CC(N)C(C)C(=O)N1CCCC1CN1CCOCC1. The molecule has 0 aromatic carbocycles. The van der Waals surface area contributed by atoms with E-state index in [0.717, 1.165) is 52.2 Å². The first-order valence-corrected chi connectivity index (χ1v) is 7.45. The number of nitrogens with two attached hydrogens (primary N) is 1. The summed E-state index contributed by atoms with van der Waals surface area (Å²) < 4.78 is 5.37. The Balaban J connectivity index is 1.90. The van der Waals surface area contributed by atoms with E-state index in [1.807, 2.05) is 13.8 Å². The van der Waals surface area contributed by atoms with E-state index in [1.54, 1.807) is 0 Å². The second-order valence-corrected chi connectivity index (χ2v) is 5.89. The molecular formula is C14H27N3O2. The highest BCUT2D eigenvalue weighted by Gasteiger charge is 2.33. The molecular weight excluding hydrogens is 242 g/mol. The lowest BCUT2D eigenvalue weighted by molar-refractivity contribution is -0.136. The molecule has 2 fully saturated rings. The van der Waals surface area contributed by atoms with E-state index in [2.05, 4.69) is 9.80 Å². The summed E-state index contributed by atoms with van der Waals surface area (Å²) >= 11 is 0. The normalized spacial score (nSPS) is 28.4. The number of likely N-dealkylation sites (tertiary alicyclic amines) is 1. The van der Waals surface area contributed by atoms with Crippen molar-refractivity contribution in [2.75, 3.05) is 39.4 Å². The molecule has 0 radical (unpaired) electrons. The third-order valence-corrected chi connectivity index (χ3v) is 4.41. The van der Waals surface area contributed by atoms with Crippen molar-refractivity contribution in [1.82, 2.24) is 9.80 Å². The highest BCUT2D eigenvalue weighted by Crippen LogP contribution is 2.21. The summed E-state index contributed by atoms with van der Waals surface area (Å²) in [5.41, 5.74) is 5.86. The van der Waals surface area contributed by atoms with Gasteiger partial charge in [0.2, 0.25) is 5.91 Å². The molecule has 2 rings (SSSR count). The number of morpholine rings is 1.